The highest BCUT2D eigenvalue weighted by atomic mass is 19.1. The fourth-order valence-electron chi connectivity index (χ4n) is 4.91. The molecule has 0 fully saturated rings. The number of aryl methyl sites for hydroxylation is 1. The minimum absolute atomic E-state index is 0.226. The number of nitrogens with one attached hydrogen (secondary N) is 1. The number of pyridine rings is 1. The number of hydrogen-bond acceptors (Lipinski definition) is 2. The number of hydrogen-bond donors (Lipinski definition) is 2. The first-order valence-electron chi connectivity index (χ1n) is 11.0. The molecule has 0 spiro atoms. The molecule has 0 saturated heterocycles. The summed E-state index contributed by atoms with van der Waals surface area (Å²) in [4.78, 5) is 20.5. The summed E-state index contributed by atoms with van der Waals surface area (Å²) in [5.74, 6) is -1.26. The number of halogens is 1. The number of rotatable bonds is 4. The standard InChI is InChI=1S/C28H20FN3O2/c1-16-21(29)11-12-22-25(16)18(15-30-22)14-23-27(31-24-8-4-5-13-32(23)24)20-10-9-17-6-2-3-7-19(17)26(20)28(33)34/h2-13,15,30H,14H2,1H3,(H,33,34). The first-order chi connectivity index (χ1) is 16.5. The van der Waals surface area contributed by atoms with Crippen LogP contribution in [0.1, 0.15) is 27.2 Å². The fourth-order valence-corrected chi connectivity index (χ4v) is 4.91. The second-order valence-corrected chi connectivity index (χ2v) is 8.44. The van der Waals surface area contributed by atoms with E-state index in [9.17, 15) is 14.3 Å². The quantitative estimate of drug-likeness (QED) is 0.328. The van der Waals surface area contributed by atoms with Crippen LogP contribution >= 0.6 is 0 Å². The molecule has 0 unspecified atom stereocenters. The molecule has 5 nitrogen and oxygen atoms in total. The zero-order chi connectivity index (χ0) is 23.4. The summed E-state index contributed by atoms with van der Waals surface area (Å²) in [6.07, 6.45) is 4.27. The molecule has 3 aromatic heterocycles. The predicted molar refractivity (Wildman–Crippen MR) is 131 cm³/mol. The molecular formula is C28H20FN3O2. The molecule has 0 bridgehead atoms. The normalized spacial score (nSPS) is 11.6. The average Bonchev–Trinajstić information content (AvgIpc) is 3.43. The molecule has 0 radical (unpaired) electrons. The van der Waals surface area contributed by atoms with Gasteiger partial charge in [0.2, 0.25) is 0 Å². The van der Waals surface area contributed by atoms with Crippen molar-refractivity contribution in [1.82, 2.24) is 14.4 Å². The molecule has 6 rings (SSSR count). The maximum absolute atomic E-state index is 14.4. The lowest BCUT2D eigenvalue weighted by atomic mass is 9.94. The first kappa shape index (κ1) is 20.2. The number of fused-ring (bicyclic) bond motifs is 3. The van der Waals surface area contributed by atoms with Gasteiger partial charge >= 0.3 is 5.97 Å². The molecular weight excluding hydrogens is 429 g/mol. The third-order valence-corrected chi connectivity index (χ3v) is 6.51. The number of aromatic nitrogens is 3. The van der Waals surface area contributed by atoms with Gasteiger partial charge in [0.15, 0.2) is 0 Å². The number of aromatic carboxylic acids is 1. The van der Waals surface area contributed by atoms with Crippen molar-refractivity contribution in [3.05, 3.63) is 107 Å². The third kappa shape index (κ3) is 2.99. The highest BCUT2D eigenvalue weighted by Gasteiger charge is 2.23. The van der Waals surface area contributed by atoms with E-state index in [4.69, 9.17) is 4.98 Å². The van der Waals surface area contributed by atoms with Gasteiger partial charge in [-0.2, -0.15) is 0 Å². The van der Waals surface area contributed by atoms with Gasteiger partial charge in [-0.25, -0.2) is 14.2 Å². The van der Waals surface area contributed by atoms with Gasteiger partial charge in [0.1, 0.15) is 11.5 Å². The van der Waals surface area contributed by atoms with Crippen LogP contribution in [0, 0.1) is 12.7 Å². The largest absolute Gasteiger partial charge is 0.478 e. The Kier molecular flexibility index (Phi) is 4.48. The molecule has 3 heterocycles. The summed E-state index contributed by atoms with van der Waals surface area (Å²) in [5, 5.41) is 12.5. The average molecular weight is 449 g/mol. The van der Waals surface area contributed by atoms with Crippen LogP contribution in [0.3, 0.4) is 0 Å². The van der Waals surface area contributed by atoms with Gasteiger partial charge in [-0.05, 0) is 53.1 Å². The van der Waals surface area contributed by atoms with Crippen LogP contribution in [0.4, 0.5) is 4.39 Å². The van der Waals surface area contributed by atoms with Crippen molar-refractivity contribution in [3.8, 4) is 11.3 Å². The number of carbonyl (C=O) groups is 1. The summed E-state index contributed by atoms with van der Waals surface area (Å²) < 4.78 is 16.4. The van der Waals surface area contributed by atoms with Crippen molar-refractivity contribution in [3.63, 3.8) is 0 Å². The van der Waals surface area contributed by atoms with Crippen molar-refractivity contribution >= 4 is 33.3 Å². The molecule has 0 aliphatic heterocycles. The van der Waals surface area contributed by atoms with Crippen molar-refractivity contribution < 1.29 is 14.3 Å². The molecule has 34 heavy (non-hydrogen) atoms. The summed E-state index contributed by atoms with van der Waals surface area (Å²) in [6, 6.07) is 20.1. The van der Waals surface area contributed by atoms with E-state index in [2.05, 4.69) is 4.98 Å². The SMILES string of the molecule is Cc1c(F)ccc2[nH]cc(Cc3c(-c4ccc5ccccc5c4C(=O)O)nc4ccccn34)c12. The lowest BCUT2D eigenvalue weighted by Gasteiger charge is -2.11. The molecule has 6 heteroatoms. The summed E-state index contributed by atoms with van der Waals surface area (Å²) >= 11 is 0. The molecule has 0 amide bonds. The maximum Gasteiger partial charge on any atom is 0.337 e. The second kappa shape index (κ2) is 7.56. The Hall–Kier alpha value is -4.45. The first-order valence-corrected chi connectivity index (χ1v) is 11.0. The van der Waals surface area contributed by atoms with Gasteiger partial charge in [0, 0.05) is 35.3 Å². The monoisotopic (exact) mass is 449 g/mol. The maximum atomic E-state index is 14.4. The van der Waals surface area contributed by atoms with E-state index in [1.54, 1.807) is 13.0 Å². The van der Waals surface area contributed by atoms with Crippen LogP contribution in [0.5, 0.6) is 0 Å². The van der Waals surface area contributed by atoms with Crippen molar-refractivity contribution in [2.45, 2.75) is 13.3 Å². The Bertz CT molecular complexity index is 1750. The Morgan fingerprint density at radius 1 is 1.06 bits per heavy atom. The third-order valence-electron chi connectivity index (χ3n) is 6.51. The molecule has 166 valence electrons. The van der Waals surface area contributed by atoms with Crippen molar-refractivity contribution in [1.29, 1.82) is 0 Å². The zero-order valence-electron chi connectivity index (χ0n) is 18.3. The van der Waals surface area contributed by atoms with Crippen LogP contribution in [0.2, 0.25) is 0 Å². The van der Waals surface area contributed by atoms with Gasteiger partial charge < -0.3 is 14.5 Å². The summed E-state index contributed by atoms with van der Waals surface area (Å²) in [5.41, 5.74) is 5.34. The van der Waals surface area contributed by atoms with E-state index in [1.807, 2.05) is 71.4 Å². The number of imidazole rings is 1. The van der Waals surface area contributed by atoms with Crippen LogP contribution in [-0.2, 0) is 6.42 Å². The Labute approximate surface area is 194 Å². The highest BCUT2D eigenvalue weighted by Crippen LogP contribution is 2.35. The second-order valence-electron chi connectivity index (χ2n) is 8.44. The van der Waals surface area contributed by atoms with E-state index in [0.717, 1.165) is 33.2 Å². The Morgan fingerprint density at radius 2 is 1.88 bits per heavy atom. The van der Waals surface area contributed by atoms with Gasteiger partial charge in [-0.1, -0.05) is 42.5 Å². The van der Waals surface area contributed by atoms with Gasteiger partial charge in [0.25, 0.3) is 0 Å². The van der Waals surface area contributed by atoms with E-state index in [1.165, 1.54) is 6.07 Å². The van der Waals surface area contributed by atoms with E-state index in [-0.39, 0.29) is 11.4 Å². The van der Waals surface area contributed by atoms with Crippen LogP contribution in [0.25, 0.3) is 38.6 Å². The summed E-state index contributed by atoms with van der Waals surface area (Å²) in [7, 11) is 0. The molecule has 6 aromatic rings. The number of aromatic amines is 1. The number of carboxylic acids is 1. The molecule has 0 aliphatic rings. The minimum atomic E-state index is -1.00. The van der Waals surface area contributed by atoms with Gasteiger partial charge in [-0.15, -0.1) is 0 Å². The van der Waals surface area contributed by atoms with E-state index in [0.29, 0.717) is 28.6 Å². The molecule has 0 aliphatic carbocycles. The molecule has 2 N–H and O–H groups in total. The van der Waals surface area contributed by atoms with Crippen LogP contribution in [-0.4, -0.2) is 25.4 Å². The number of nitrogens with zero attached hydrogens (tertiary/aromatic N) is 2. The van der Waals surface area contributed by atoms with Gasteiger partial charge in [0.05, 0.1) is 17.0 Å². The lowest BCUT2D eigenvalue weighted by Crippen LogP contribution is -2.03. The molecule has 3 aromatic carbocycles. The van der Waals surface area contributed by atoms with Gasteiger partial charge in [-0.3, -0.25) is 0 Å². The molecule has 0 atom stereocenters. The minimum Gasteiger partial charge on any atom is -0.478 e. The van der Waals surface area contributed by atoms with E-state index >= 15 is 0 Å². The van der Waals surface area contributed by atoms with Crippen LogP contribution in [0.15, 0.2) is 79.1 Å². The van der Waals surface area contributed by atoms with E-state index < -0.39 is 5.97 Å². The van der Waals surface area contributed by atoms with Crippen molar-refractivity contribution in [2.24, 2.45) is 0 Å². The number of benzene rings is 3. The topological polar surface area (TPSA) is 70.4 Å². The fraction of sp³-hybridized carbons (Fsp3) is 0.0714. The highest BCUT2D eigenvalue weighted by molar-refractivity contribution is 6.09. The smallest absolute Gasteiger partial charge is 0.337 e. The lowest BCUT2D eigenvalue weighted by molar-refractivity contribution is 0.0700. The van der Waals surface area contributed by atoms with Crippen molar-refractivity contribution in [2.75, 3.05) is 0 Å². The van der Waals surface area contributed by atoms with Crippen LogP contribution < -0.4 is 0 Å². The number of H-pyrrole nitrogens is 1. The zero-order valence-corrected chi connectivity index (χ0v) is 18.3. The summed E-state index contributed by atoms with van der Waals surface area (Å²) in [6.45, 7) is 1.77. The Balaban J connectivity index is 1.63. The molecule has 0 saturated carbocycles. The number of carboxylic acid groups (broad SMARTS) is 1. The predicted octanol–water partition coefficient (Wildman–Crippen LogP) is 6.37. The Morgan fingerprint density at radius 3 is 2.74 bits per heavy atom.